The summed E-state index contributed by atoms with van der Waals surface area (Å²) >= 11 is 0. The van der Waals surface area contributed by atoms with Gasteiger partial charge in [-0.15, -0.1) is 0 Å². The predicted octanol–water partition coefficient (Wildman–Crippen LogP) is 2.84. The van der Waals surface area contributed by atoms with Gasteiger partial charge in [-0.2, -0.15) is 0 Å². The lowest BCUT2D eigenvalue weighted by Crippen LogP contribution is -2.59. The Balaban J connectivity index is 1.68. The van der Waals surface area contributed by atoms with Crippen molar-refractivity contribution in [1.29, 1.82) is 0 Å². The van der Waals surface area contributed by atoms with Crippen molar-refractivity contribution in [3.05, 3.63) is 82.2 Å². The summed E-state index contributed by atoms with van der Waals surface area (Å²) in [5, 5.41) is 14.4. The third-order valence-electron chi connectivity index (χ3n) is 4.74. The van der Waals surface area contributed by atoms with E-state index in [1.54, 1.807) is 30.3 Å². The topological polar surface area (TPSA) is 123 Å². The monoisotopic (exact) mass is 413 g/mol. The molecule has 158 valence electrons. The van der Waals surface area contributed by atoms with Crippen molar-refractivity contribution in [2.24, 2.45) is 5.11 Å². The van der Waals surface area contributed by atoms with Crippen LogP contribution < -0.4 is 0 Å². The fourth-order valence-electron chi connectivity index (χ4n) is 3.19. The summed E-state index contributed by atoms with van der Waals surface area (Å²) in [4.78, 5) is 15.0. The number of rotatable bonds is 8. The molecule has 0 saturated carbocycles. The van der Waals surface area contributed by atoms with Crippen LogP contribution in [0.2, 0.25) is 0 Å². The highest BCUT2D eigenvalue weighted by molar-refractivity contribution is 5.89. The van der Waals surface area contributed by atoms with E-state index < -0.39 is 36.6 Å². The molecule has 1 saturated heterocycles. The molecule has 0 spiro atoms. The normalized spacial score (nSPS) is 25.9. The number of hydrogen-bond acceptors (Lipinski definition) is 7. The molecule has 30 heavy (non-hydrogen) atoms. The van der Waals surface area contributed by atoms with E-state index in [-0.39, 0.29) is 13.2 Å². The van der Waals surface area contributed by atoms with Crippen molar-refractivity contribution in [2.45, 2.75) is 37.3 Å². The number of nitrogens with zero attached hydrogens (tertiary/aromatic N) is 3. The molecule has 0 aromatic heterocycles. The van der Waals surface area contributed by atoms with Gasteiger partial charge in [0.15, 0.2) is 6.29 Å². The van der Waals surface area contributed by atoms with E-state index in [4.69, 9.17) is 24.5 Å². The predicted molar refractivity (Wildman–Crippen MR) is 106 cm³/mol. The van der Waals surface area contributed by atoms with E-state index in [9.17, 15) is 9.90 Å². The van der Waals surface area contributed by atoms with E-state index in [1.807, 2.05) is 30.3 Å². The number of carbonyl (C=O) groups excluding carboxylic acids is 1. The van der Waals surface area contributed by atoms with Gasteiger partial charge in [-0.05, 0) is 23.2 Å². The zero-order chi connectivity index (χ0) is 21.3. The van der Waals surface area contributed by atoms with Crippen LogP contribution >= 0.6 is 0 Å². The molecule has 0 bridgehead atoms. The maximum atomic E-state index is 12.2. The number of aliphatic hydroxyl groups excluding tert-OH is 1. The minimum Gasteiger partial charge on any atom is -0.459 e. The first-order valence-electron chi connectivity index (χ1n) is 9.42. The molecule has 0 amide bonds. The first-order chi connectivity index (χ1) is 14.6. The molecule has 9 nitrogen and oxygen atoms in total. The number of aliphatic hydroxyl groups is 1. The highest BCUT2D eigenvalue weighted by atomic mass is 16.7. The molecule has 1 N–H and O–H groups in total. The van der Waals surface area contributed by atoms with Crippen molar-refractivity contribution >= 4 is 5.97 Å². The SMILES string of the molecule is CO[C@H]1OC(COC(=O)c2ccccc2)[C@@H](O)[C@H](N=[N+]=[N-])C1OCc1ccccc1. The summed E-state index contributed by atoms with van der Waals surface area (Å²) < 4.78 is 22.2. The summed E-state index contributed by atoms with van der Waals surface area (Å²) in [6, 6.07) is 16.9. The maximum Gasteiger partial charge on any atom is 0.338 e. The Morgan fingerprint density at radius 2 is 1.83 bits per heavy atom. The Hall–Kier alpha value is -2.94. The van der Waals surface area contributed by atoms with Crippen molar-refractivity contribution in [3.63, 3.8) is 0 Å². The van der Waals surface area contributed by atoms with Gasteiger partial charge in [0.05, 0.1) is 24.3 Å². The fraction of sp³-hybridized carbons (Fsp3) is 0.381. The van der Waals surface area contributed by atoms with Gasteiger partial charge in [-0.25, -0.2) is 4.79 Å². The van der Waals surface area contributed by atoms with Gasteiger partial charge >= 0.3 is 5.97 Å². The minimum atomic E-state index is -1.25. The molecule has 5 atom stereocenters. The molecule has 9 heteroatoms. The number of benzene rings is 2. The highest BCUT2D eigenvalue weighted by Crippen LogP contribution is 2.28. The Bertz CT molecular complexity index is 860. The summed E-state index contributed by atoms with van der Waals surface area (Å²) in [5.74, 6) is -0.553. The van der Waals surface area contributed by atoms with Gasteiger partial charge in [-0.3, -0.25) is 0 Å². The summed E-state index contributed by atoms with van der Waals surface area (Å²) in [6.07, 6.45) is -3.97. The standard InChI is InChI=1S/C21H23N3O6/c1-27-21-19(28-12-14-8-4-2-5-9-14)17(23-24-22)18(25)16(30-21)13-29-20(26)15-10-6-3-7-11-15/h2-11,16-19,21,25H,12-13H2,1H3/t16?,17-,18+,19?,21-/m0/s1. The van der Waals surface area contributed by atoms with Crippen LogP contribution in [0.5, 0.6) is 0 Å². The molecule has 0 radical (unpaired) electrons. The zero-order valence-electron chi connectivity index (χ0n) is 16.4. The minimum absolute atomic E-state index is 0.215. The van der Waals surface area contributed by atoms with E-state index in [0.717, 1.165) is 5.56 Å². The summed E-state index contributed by atoms with van der Waals surface area (Å²) in [7, 11) is 1.42. The lowest BCUT2D eigenvalue weighted by molar-refractivity contribution is -0.279. The molecule has 1 aliphatic heterocycles. The lowest BCUT2D eigenvalue weighted by Gasteiger charge is -2.42. The van der Waals surface area contributed by atoms with Gasteiger partial charge in [0.1, 0.15) is 18.8 Å². The quantitative estimate of drug-likeness (QED) is 0.307. The molecule has 1 fully saturated rings. The highest BCUT2D eigenvalue weighted by Gasteiger charge is 2.46. The largest absolute Gasteiger partial charge is 0.459 e. The van der Waals surface area contributed by atoms with Crippen LogP contribution in [-0.2, 0) is 25.6 Å². The summed E-state index contributed by atoms with van der Waals surface area (Å²) in [6.45, 7) is -0.0236. The van der Waals surface area contributed by atoms with E-state index >= 15 is 0 Å². The lowest BCUT2D eigenvalue weighted by atomic mass is 9.97. The number of azide groups is 1. The second-order valence-electron chi connectivity index (χ2n) is 6.69. The third-order valence-corrected chi connectivity index (χ3v) is 4.74. The molecular weight excluding hydrogens is 390 g/mol. The second kappa shape index (κ2) is 10.7. The molecule has 2 aromatic carbocycles. The number of methoxy groups -OCH3 is 1. The average Bonchev–Trinajstić information content (AvgIpc) is 2.79. The van der Waals surface area contributed by atoms with Crippen molar-refractivity contribution in [2.75, 3.05) is 13.7 Å². The van der Waals surface area contributed by atoms with Crippen molar-refractivity contribution in [3.8, 4) is 0 Å². The van der Waals surface area contributed by atoms with Crippen molar-refractivity contribution < 1.29 is 28.8 Å². The van der Waals surface area contributed by atoms with Crippen LogP contribution in [0.15, 0.2) is 65.8 Å². The molecule has 2 aromatic rings. The van der Waals surface area contributed by atoms with E-state index in [0.29, 0.717) is 5.56 Å². The van der Waals surface area contributed by atoms with E-state index in [2.05, 4.69) is 10.0 Å². The second-order valence-corrected chi connectivity index (χ2v) is 6.69. The number of hydrogen-bond donors (Lipinski definition) is 1. The van der Waals surface area contributed by atoms with Gasteiger partial charge in [0.25, 0.3) is 0 Å². The smallest absolute Gasteiger partial charge is 0.338 e. The van der Waals surface area contributed by atoms with Crippen LogP contribution in [0.4, 0.5) is 0 Å². The van der Waals surface area contributed by atoms with Gasteiger partial charge < -0.3 is 24.1 Å². The van der Waals surface area contributed by atoms with Crippen LogP contribution in [-0.4, -0.2) is 55.4 Å². The van der Waals surface area contributed by atoms with E-state index in [1.165, 1.54) is 7.11 Å². The Kier molecular flexibility index (Phi) is 7.78. The molecular formula is C21H23N3O6. The van der Waals surface area contributed by atoms with Gasteiger partial charge in [0.2, 0.25) is 0 Å². The molecule has 2 unspecified atom stereocenters. The van der Waals surface area contributed by atoms with Crippen LogP contribution in [0.25, 0.3) is 10.4 Å². The number of ether oxygens (including phenoxy) is 4. The first-order valence-corrected chi connectivity index (χ1v) is 9.42. The Labute approximate surface area is 173 Å². The molecule has 1 aliphatic rings. The van der Waals surface area contributed by atoms with Crippen LogP contribution in [0, 0.1) is 0 Å². The first kappa shape index (κ1) is 21.8. The summed E-state index contributed by atoms with van der Waals surface area (Å²) in [5.41, 5.74) is 10.3. The van der Waals surface area contributed by atoms with Gasteiger partial charge in [-0.1, -0.05) is 53.6 Å². The van der Waals surface area contributed by atoms with Gasteiger partial charge in [0, 0.05) is 12.0 Å². The average molecular weight is 413 g/mol. The number of esters is 1. The Morgan fingerprint density at radius 1 is 1.17 bits per heavy atom. The Morgan fingerprint density at radius 3 is 2.47 bits per heavy atom. The maximum absolute atomic E-state index is 12.2. The van der Waals surface area contributed by atoms with Crippen molar-refractivity contribution in [1.82, 2.24) is 0 Å². The fourth-order valence-corrected chi connectivity index (χ4v) is 3.19. The van der Waals surface area contributed by atoms with Crippen LogP contribution in [0.3, 0.4) is 0 Å². The van der Waals surface area contributed by atoms with Crippen LogP contribution in [0.1, 0.15) is 15.9 Å². The third kappa shape index (κ3) is 5.35. The molecule has 0 aliphatic carbocycles. The zero-order valence-corrected chi connectivity index (χ0v) is 16.4. The molecule has 1 heterocycles. The number of carbonyl (C=O) groups is 1. The molecule has 3 rings (SSSR count).